The molecule has 1 aliphatic heterocycles. The van der Waals surface area contributed by atoms with Crippen LogP contribution in [0.4, 0.5) is 0 Å². The second-order valence-electron chi connectivity index (χ2n) is 5.21. The van der Waals surface area contributed by atoms with Crippen molar-refractivity contribution in [2.24, 2.45) is 5.73 Å². The first kappa shape index (κ1) is 13.9. The van der Waals surface area contributed by atoms with E-state index in [1.165, 1.54) is 13.1 Å². The van der Waals surface area contributed by atoms with E-state index in [0.29, 0.717) is 6.61 Å². The van der Waals surface area contributed by atoms with Crippen molar-refractivity contribution in [3.05, 3.63) is 0 Å². The van der Waals surface area contributed by atoms with Gasteiger partial charge in [-0.15, -0.1) is 0 Å². The summed E-state index contributed by atoms with van der Waals surface area (Å²) in [6.07, 6.45) is 0.960. The summed E-state index contributed by atoms with van der Waals surface area (Å²) in [5, 5.41) is 0. The first-order chi connectivity index (χ1) is 7.53. The van der Waals surface area contributed by atoms with Crippen LogP contribution in [0.5, 0.6) is 0 Å². The first-order valence-corrected chi connectivity index (χ1v) is 6.31. The molecule has 0 aromatic heterocycles. The highest BCUT2D eigenvalue weighted by atomic mass is 16.5. The van der Waals surface area contributed by atoms with Crippen molar-refractivity contribution in [3.8, 4) is 0 Å². The lowest BCUT2D eigenvalue weighted by molar-refractivity contribution is 0.0576. The summed E-state index contributed by atoms with van der Waals surface area (Å²) < 4.78 is 5.64. The van der Waals surface area contributed by atoms with Crippen LogP contribution in [0.2, 0.25) is 0 Å². The molecule has 1 unspecified atom stereocenters. The van der Waals surface area contributed by atoms with E-state index in [1.54, 1.807) is 0 Å². The molecule has 0 bridgehead atoms. The van der Waals surface area contributed by atoms with Crippen LogP contribution in [0.15, 0.2) is 0 Å². The third kappa shape index (κ3) is 5.25. The van der Waals surface area contributed by atoms with E-state index >= 15 is 0 Å². The predicted molar refractivity (Wildman–Crippen MR) is 67.6 cm³/mol. The van der Waals surface area contributed by atoms with Crippen molar-refractivity contribution in [2.75, 3.05) is 53.0 Å². The summed E-state index contributed by atoms with van der Waals surface area (Å²) in [5.74, 6) is 0. The molecule has 2 N–H and O–H groups in total. The van der Waals surface area contributed by atoms with Crippen molar-refractivity contribution in [1.29, 1.82) is 0 Å². The Morgan fingerprint density at radius 2 is 1.88 bits per heavy atom. The summed E-state index contributed by atoms with van der Waals surface area (Å²) in [6.45, 7) is 11.3. The molecule has 4 nitrogen and oxygen atoms in total. The van der Waals surface area contributed by atoms with Crippen LogP contribution in [0.25, 0.3) is 0 Å². The van der Waals surface area contributed by atoms with Gasteiger partial charge in [0.1, 0.15) is 0 Å². The number of hydrogen-bond acceptors (Lipinski definition) is 4. The molecule has 4 heteroatoms. The Balaban J connectivity index is 2.03. The molecule has 0 aromatic carbocycles. The zero-order chi connectivity index (χ0) is 12.0. The molecular weight excluding hydrogens is 202 g/mol. The number of likely N-dealkylation sites (N-methyl/N-ethyl adjacent to an activating group) is 1. The summed E-state index contributed by atoms with van der Waals surface area (Å²) in [4.78, 5) is 4.82. The van der Waals surface area contributed by atoms with Crippen LogP contribution in [0.1, 0.15) is 20.3 Å². The van der Waals surface area contributed by atoms with Gasteiger partial charge in [0.15, 0.2) is 0 Å². The topological polar surface area (TPSA) is 41.7 Å². The Bertz CT molecular complexity index is 189. The maximum absolute atomic E-state index is 6.01. The van der Waals surface area contributed by atoms with Crippen molar-refractivity contribution in [2.45, 2.75) is 25.8 Å². The normalized spacial score (nSPS) is 23.2. The number of rotatable bonds is 6. The van der Waals surface area contributed by atoms with Gasteiger partial charge in [0, 0.05) is 38.3 Å². The highest BCUT2D eigenvalue weighted by Gasteiger charge is 2.16. The molecule has 1 rings (SSSR count). The van der Waals surface area contributed by atoms with Crippen molar-refractivity contribution in [1.82, 2.24) is 9.80 Å². The Morgan fingerprint density at radius 3 is 2.44 bits per heavy atom. The van der Waals surface area contributed by atoms with Gasteiger partial charge in [0.05, 0.1) is 13.2 Å². The summed E-state index contributed by atoms with van der Waals surface area (Å²) in [6, 6.07) is 0. The van der Waals surface area contributed by atoms with Gasteiger partial charge in [-0.1, -0.05) is 6.92 Å². The van der Waals surface area contributed by atoms with Crippen LogP contribution in [-0.4, -0.2) is 68.3 Å². The fraction of sp³-hybridized carbons (Fsp3) is 1.00. The van der Waals surface area contributed by atoms with Crippen molar-refractivity contribution >= 4 is 0 Å². The van der Waals surface area contributed by atoms with E-state index in [2.05, 4.69) is 23.8 Å². The zero-order valence-electron chi connectivity index (χ0n) is 11.0. The minimum Gasteiger partial charge on any atom is -0.378 e. The molecule has 1 fully saturated rings. The van der Waals surface area contributed by atoms with E-state index in [4.69, 9.17) is 10.5 Å². The van der Waals surface area contributed by atoms with Crippen LogP contribution in [-0.2, 0) is 4.74 Å². The van der Waals surface area contributed by atoms with Gasteiger partial charge in [-0.05, 0) is 20.4 Å². The maximum Gasteiger partial charge on any atom is 0.0643 e. The van der Waals surface area contributed by atoms with Crippen molar-refractivity contribution < 1.29 is 4.74 Å². The highest BCUT2D eigenvalue weighted by molar-refractivity contribution is 4.75. The van der Waals surface area contributed by atoms with Gasteiger partial charge in [-0.25, -0.2) is 0 Å². The quantitative estimate of drug-likeness (QED) is 0.669. The molecule has 1 saturated heterocycles. The van der Waals surface area contributed by atoms with Gasteiger partial charge in [0.2, 0.25) is 0 Å². The molecule has 0 saturated carbocycles. The second-order valence-corrected chi connectivity index (χ2v) is 5.21. The number of nitrogens with zero attached hydrogens (tertiary/aromatic N) is 2. The number of nitrogens with two attached hydrogens (primary N) is 1. The molecule has 1 aliphatic rings. The molecule has 1 atom stereocenters. The molecule has 96 valence electrons. The van der Waals surface area contributed by atoms with E-state index in [1.807, 2.05) is 6.92 Å². The Morgan fingerprint density at radius 1 is 1.25 bits per heavy atom. The highest BCUT2D eigenvalue weighted by Crippen LogP contribution is 2.05. The standard InChI is InChI=1S/C12H27N3O/c1-4-12(2,13)11-16-10-9-15-7-5-14(3)6-8-15/h4-11,13H2,1-3H3. The fourth-order valence-electron chi connectivity index (χ4n) is 1.67. The molecule has 16 heavy (non-hydrogen) atoms. The molecule has 0 radical (unpaired) electrons. The average molecular weight is 229 g/mol. The summed E-state index contributed by atoms with van der Waals surface area (Å²) in [5.41, 5.74) is 5.84. The second kappa shape index (κ2) is 6.55. The van der Waals surface area contributed by atoms with E-state index in [0.717, 1.165) is 32.7 Å². The Kier molecular flexibility index (Phi) is 5.69. The van der Waals surface area contributed by atoms with Crippen LogP contribution in [0.3, 0.4) is 0 Å². The van der Waals surface area contributed by atoms with E-state index in [9.17, 15) is 0 Å². The fourth-order valence-corrected chi connectivity index (χ4v) is 1.67. The largest absolute Gasteiger partial charge is 0.378 e. The van der Waals surface area contributed by atoms with Gasteiger partial charge in [-0.2, -0.15) is 0 Å². The molecule has 0 aliphatic carbocycles. The minimum absolute atomic E-state index is 0.165. The van der Waals surface area contributed by atoms with Gasteiger partial charge < -0.3 is 15.4 Å². The van der Waals surface area contributed by atoms with Crippen LogP contribution >= 0.6 is 0 Å². The van der Waals surface area contributed by atoms with E-state index in [-0.39, 0.29) is 5.54 Å². The Labute approximate surface area is 99.7 Å². The zero-order valence-corrected chi connectivity index (χ0v) is 11.0. The number of piperazine rings is 1. The maximum atomic E-state index is 6.01. The number of hydrogen-bond donors (Lipinski definition) is 1. The van der Waals surface area contributed by atoms with Gasteiger partial charge in [-0.3, -0.25) is 4.90 Å². The summed E-state index contributed by atoms with van der Waals surface area (Å²) >= 11 is 0. The van der Waals surface area contributed by atoms with Crippen LogP contribution in [0, 0.1) is 0 Å². The summed E-state index contributed by atoms with van der Waals surface area (Å²) in [7, 11) is 2.18. The SMILES string of the molecule is CCC(C)(N)COCCN1CCN(C)CC1. The average Bonchev–Trinajstić information content (AvgIpc) is 2.27. The molecular formula is C12H27N3O. The molecule has 0 aromatic rings. The number of ether oxygens (including phenoxy) is 1. The van der Waals surface area contributed by atoms with Gasteiger partial charge in [0.25, 0.3) is 0 Å². The first-order valence-electron chi connectivity index (χ1n) is 6.31. The third-order valence-corrected chi connectivity index (χ3v) is 3.39. The smallest absolute Gasteiger partial charge is 0.0643 e. The van der Waals surface area contributed by atoms with E-state index < -0.39 is 0 Å². The Hall–Kier alpha value is -0.160. The van der Waals surface area contributed by atoms with Crippen LogP contribution < -0.4 is 5.73 Å². The lowest BCUT2D eigenvalue weighted by Gasteiger charge is -2.32. The monoisotopic (exact) mass is 229 g/mol. The molecule has 1 heterocycles. The molecule has 0 spiro atoms. The lowest BCUT2D eigenvalue weighted by atomic mass is 10.0. The lowest BCUT2D eigenvalue weighted by Crippen LogP contribution is -2.46. The van der Waals surface area contributed by atoms with Gasteiger partial charge >= 0.3 is 0 Å². The molecule has 0 amide bonds. The van der Waals surface area contributed by atoms with Crippen molar-refractivity contribution in [3.63, 3.8) is 0 Å². The minimum atomic E-state index is -0.165. The predicted octanol–water partition coefficient (Wildman–Crippen LogP) is 0.378. The third-order valence-electron chi connectivity index (χ3n) is 3.39.